The van der Waals surface area contributed by atoms with Crippen molar-refractivity contribution in [2.75, 3.05) is 19.6 Å². The maximum absolute atomic E-state index is 11.1. The number of hydrogen-bond donors (Lipinski definition) is 1. The third kappa shape index (κ3) is 35.1. The van der Waals surface area contributed by atoms with Gasteiger partial charge >= 0.3 is 5.97 Å². The van der Waals surface area contributed by atoms with E-state index in [0.717, 1.165) is 13.1 Å². The molecule has 42 heavy (non-hydrogen) atoms. The van der Waals surface area contributed by atoms with Gasteiger partial charge in [0.2, 0.25) is 0 Å². The monoisotopic (exact) mass is 590 g/mol. The van der Waals surface area contributed by atoms with E-state index in [4.69, 9.17) is 5.11 Å². The average molecular weight is 590 g/mol. The minimum atomic E-state index is -0.665. The standard InChI is InChI=1S/C39H75NO2/c1-3-5-7-9-11-13-15-17-19-21-23-25-27-29-31-33-36-40(38-35-39(41)42)37-34-32-30-28-26-24-22-20-18-16-14-12-10-8-6-4-2/h17-20H,3-16,21-38H2,1-2H3,(H,41,42)/b19-17-,20-18-. The van der Waals surface area contributed by atoms with Crippen LogP contribution in [0, 0.1) is 0 Å². The Hall–Kier alpha value is -1.09. The van der Waals surface area contributed by atoms with Crippen LogP contribution in [0.1, 0.15) is 200 Å². The number of carboxylic acids is 1. The second-order valence-corrected chi connectivity index (χ2v) is 12.9. The van der Waals surface area contributed by atoms with Crippen molar-refractivity contribution < 1.29 is 9.90 Å². The van der Waals surface area contributed by atoms with E-state index in [0.29, 0.717) is 6.54 Å². The molecule has 0 atom stereocenters. The molecule has 0 fully saturated rings. The van der Waals surface area contributed by atoms with E-state index in [-0.39, 0.29) is 6.42 Å². The summed E-state index contributed by atoms with van der Waals surface area (Å²) < 4.78 is 0. The van der Waals surface area contributed by atoms with Gasteiger partial charge < -0.3 is 10.0 Å². The van der Waals surface area contributed by atoms with Gasteiger partial charge in [-0.05, 0) is 77.3 Å². The first-order valence-electron chi connectivity index (χ1n) is 18.9. The van der Waals surface area contributed by atoms with E-state index in [9.17, 15) is 4.79 Å². The Kier molecular flexibility index (Phi) is 35.2. The lowest BCUT2D eigenvalue weighted by Gasteiger charge is -2.21. The molecule has 0 bridgehead atoms. The van der Waals surface area contributed by atoms with E-state index in [1.165, 1.54) is 180 Å². The Labute approximate surface area is 264 Å². The van der Waals surface area contributed by atoms with Crippen LogP contribution in [0.2, 0.25) is 0 Å². The molecule has 0 aromatic heterocycles. The van der Waals surface area contributed by atoms with Gasteiger partial charge in [-0.3, -0.25) is 4.79 Å². The van der Waals surface area contributed by atoms with E-state index in [1.54, 1.807) is 0 Å². The summed E-state index contributed by atoms with van der Waals surface area (Å²) >= 11 is 0. The maximum Gasteiger partial charge on any atom is 0.304 e. The maximum atomic E-state index is 11.1. The summed E-state index contributed by atoms with van der Waals surface area (Å²) in [7, 11) is 0. The average Bonchev–Trinajstić information content (AvgIpc) is 2.98. The molecule has 0 saturated heterocycles. The molecular weight excluding hydrogens is 514 g/mol. The molecule has 1 N–H and O–H groups in total. The number of carboxylic acid groups (broad SMARTS) is 1. The van der Waals surface area contributed by atoms with E-state index in [1.807, 2.05) is 0 Å². The van der Waals surface area contributed by atoms with Gasteiger partial charge in [-0.1, -0.05) is 154 Å². The molecule has 0 aliphatic carbocycles. The molecule has 0 heterocycles. The minimum absolute atomic E-state index is 0.277. The summed E-state index contributed by atoms with van der Waals surface area (Å²) in [6.45, 7) is 7.41. The van der Waals surface area contributed by atoms with E-state index in [2.05, 4.69) is 43.1 Å². The number of rotatable bonds is 35. The van der Waals surface area contributed by atoms with Crippen molar-refractivity contribution in [1.82, 2.24) is 4.90 Å². The van der Waals surface area contributed by atoms with Crippen LogP contribution in [0.4, 0.5) is 0 Å². The fourth-order valence-electron chi connectivity index (χ4n) is 5.76. The Morgan fingerprint density at radius 3 is 1.02 bits per heavy atom. The SMILES string of the molecule is CCCCCCCC/C=C\CCCCCCCCN(CCCCCCCC/C=C\CCCCCCCC)CCC(=O)O. The summed E-state index contributed by atoms with van der Waals surface area (Å²) in [5.41, 5.74) is 0. The highest BCUT2D eigenvalue weighted by Crippen LogP contribution is 2.13. The Morgan fingerprint density at radius 1 is 0.429 bits per heavy atom. The number of unbranched alkanes of at least 4 members (excludes halogenated alkanes) is 24. The molecule has 3 heteroatoms. The first kappa shape index (κ1) is 40.9. The molecular formula is C39H75NO2. The smallest absolute Gasteiger partial charge is 0.304 e. The van der Waals surface area contributed by atoms with Crippen LogP contribution >= 0.6 is 0 Å². The highest BCUT2D eigenvalue weighted by Gasteiger charge is 2.07. The second-order valence-electron chi connectivity index (χ2n) is 12.9. The third-order valence-corrected chi connectivity index (χ3v) is 8.61. The predicted octanol–water partition coefficient (Wildman–Crippen LogP) is 12.8. The highest BCUT2D eigenvalue weighted by molar-refractivity contribution is 5.66. The topological polar surface area (TPSA) is 40.5 Å². The predicted molar refractivity (Wildman–Crippen MR) is 188 cm³/mol. The van der Waals surface area contributed by atoms with Crippen molar-refractivity contribution in [3.8, 4) is 0 Å². The zero-order chi connectivity index (χ0) is 30.6. The first-order chi connectivity index (χ1) is 20.7. The number of carbonyl (C=O) groups is 1. The van der Waals surface area contributed by atoms with Crippen LogP contribution in [-0.2, 0) is 4.79 Å². The molecule has 248 valence electrons. The van der Waals surface area contributed by atoms with Gasteiger partial charge in [0.1, 0.15) is 0 Å². The largest absolute Gasteiger partial charge is 0.481 e. The Morgan fingerprint density at radius 2 is 0.714 bits per heavy atom. The van der Waals surface area contributed by atoms with Crippen molar-refractivity contribution in [3.63, 3.8) is 0 Å². The molecule has 0 aliphatic rings. The van der Waals surface area contributed by atoms with Gasteiger partial charge in [0.15, 0.2) is 0 Å². The van der Waals surface area contributed by atoms with Crippen LogP contribution in [0.3, 0.4) is 0 Å². The highest BCUT2D eigenvalue weighted by atomic mass is 16.4. The lowest BCUT2D eigenvalue weighted by atomic mass is 10.1. The number of nitrogens with zero attached hydrogens (tertiary/aromatic N) is 1. The molecule has 0 rings (SSSR count). The summed E-state index contributed by atoms with van der Waals surface area (Å²) in [6, 6.07) is 0. The lowest BCUT2D eigenvalue weighted by Crippen LogP contribution is -2.28. The molecule has 0 saturated carbocycles. The fraction of sp³-hybridized carbons (Fsp3) is 0.872. The Bertz CT molecular complexity index is 543. The lowest BCUT2D eigenvalue weighted by molar-refractivity contribution is -0.137. The number of hydrogen-bond acceptors (Lipinski definition) is 2. The zero-order valence-corrected chi connectivity index (χ0v) is 28.7. The van der Waals surface area contributed by atoms with Gasteiger partial charge in [0.25, 0.3) is 0 Å². The van der Waals surface area contributed by atoms with Crippen molar-refractivity contribution in [2.24, 2.45) is 0 Å². The molecule has 0 spiro atoms. The van der Waals surface area contributed by atoms with E-state index >= 15 is 0 Å². The summed E-state index contributed by atoms with van der Waals surface area (Å²) in [6.07, 6.45) is 47.2. The van der Waals surface area contributed by atoms with Gasteiger partial charge in [-0.2, -0.15) is 0 Å². The van der Waals surface area contributed by atoms with Gasteiger partial charge in [-0.25, -0.2) is 0 Å². The minimum Gasteiger partial charge on any atom is -0.481 e. The van der Waals surface area contributed by atoms with Crippen molar-refractivity contribution in [1.29, 1.82) is 0 Å². The summed E-state index contributed by atoms with van der Waals surface area (Å²) in [5.74, 6) is -0.665. The normalized spacial score (nSPS) is 12.0. The second kappa shape index (κ2) is 36.1. The molecule has 0 radical (unpaired) electrons. The summed E-state index contributed by atoms with van der Waals surface area (Å²) in [5, 5.41) is 9.15. The van der Waals surface area contributed by atoms with Crippen molar-refractivity contribution >= 4 is 5.97 Å². The molecule has 0 aromatic rings. The fourth-order valence-corrected chi connectivity index (χ4v) is 5.76. The van der Waals surface area contributed by atoms with Gasteiger partial charge in [0.05, 0.1) is 6.42 Å². The van der Waals surface area contributed by atoms with Crippen LogP contribution in [-0.4, -0.2) is 35.6 Å². The number of aliphatic carboxylic acids is 1. The quantitative estimate of drug-likeness (QED) is 0.0590. The molecule has 0 aromatic carbocycles. The molecule has 3 nitrogen and oxygen atoms in total. The molecule has 0 unspecified atom stereocenters. The first-order valence-corrected chi connectivity index (χ1v) is 18.9. The summed E-state index contributed by atoms with van der Waals surface area (Å²) in [4.78, 5) is 13.5. The molecule has 0 amide bonds. The zero-order valence-electron chi connectivity index (χ0n) is 28.7. The van der Waals surface area contributed by atoms with Gasteiger partial charge in [0, 0.05) is 6.54 Å². The van der Waals surface area contributed by atoms with Crippen LogP contribution in [0.15, 0.2) is 24.3 Å². The van der Waals surface area contributed by atoms with Crippen LogP contribution in [0.5, 0.6) is 0 Å². The van der Waals surface area contributed by atoms with Gasteiger partial charge in [-0.15, -0.1) is 0 Å². The molecule has 0 aliphatic heterocycles. The Balaban J connectivity index is 3.64. The number of allylic oxidation sites excluding steroid dienone is 4. The van der Waals surface area contributed by atoms with E-state index < -0.39 is 5.97 Å². The van der Waals surface area contributed by atoms with Crippen molar-refractivity contribution in [3.05, 3.63) is 24.3 Å². The van der Waals surface area contributed by atoms with Crippen LogP contribution in [0.25, 0.3) is 0 Å². The van der Waals surface area contributed by atoms with Crippen molar-refractivity contribution in [2.45, 2.75) is 200 Å². The van der Waals surface area contributed by atoms with Crippen LogP contribution < -0.4 is 0 Å². The third-order valence-electron chi connectivity index (χ3n) is 8.61.